The molecule has 0 atom stereocenters. The molecule has 0 saturated heterocycles. The van der Waals surface area contributed by atoms with E-state index in [2.05, 4.69) is 5.32 Å². The summed E-state index contributed by atoms with van der Waals surface area (Å²) in [6.45, 7) is 0.613. The van der Waals surface area contributed by atoms with E-state index in [9.17, 15) is 18.0 Å². The zero-order chi connectivity index (χ0) is 24.8. The molecule has 4 rings (SSSR count). The Morgan fingerprint density at radius 1 is 0.886 bits per heavy atom. The Morgan fingerprint density at radius 2 is 1.54 bits per heavy atom. The van der Waals surface area contributed by atoms with Gasteiger partial charge in [0.25, 0.3) is 5.91 Å². The second kappa shape index (κ2) is 10.9. The van der Waals surface area contributed by atoms with E-state index in [1.807, 2.05) is 30.3 Å². The monoisotopic (exact) mass is 490 g/mol. The van der Waals surface area contributed by atoms with Crippen LogP contribution in [0.1, 0.15) is 34.3 Å². The van der Waals surface area contributed by atoms with Crippen LogP contribution in [0.5, 0.6) is 0 Å². The van der Waals surface area contributed by atoms with Gasteiger partial charge in [0.15, 0.2) is 9.84 Å². The smallest absolute Gasteiger partial charge is 0.253 e. The van der Waals surface area contributed by atoms with Crippen LogP contribution in [0.3, 0.4) is 0 Å². The highest BCUT2D eigenvalue weighted by molar-refractivity contribution is 7.91. The minimum Gasteiger partial charge on any atom is -0.341 e. The van der Waals surface area contributed by atoms with Crippen LogP contribution in [0.15, 0.2) is 83.8 Å². The maximum absolute atomic E-state index is 12.7. The third kappa shape index (κ3) is 7.02. The molecule has 182 valence electrons. The molecule has 1 aliphatic carbocycles. The highest BCUT2D eigenvalue weighted by Crippen LogP contribution is 2.32. The first-order chi connectivity index (χ1) is 16.8. The average Bonchev–Trinajstić information content (AvgIpc) is 3.67. The van der Waals surface area contributed by atoms with E-state index in [-0.39, 0.29) is 24.0 Å². The normalized spacial score (nSPS) is 13.3. The van der Waals surface area contributed by atoms with Crippen molar-refractivity contribution in [2.45, 2.75) is 30.6 Å². The van der Waals surface area contributed by atoms with Crippen molar-refractivity contribution in [2.75, 3.05) is 24.7 Å². The summed E-state index contributed by atoms with van der Waals surface area (Å²) in [4.78, 5) is 27.2. The van der Waals surface area contributed by atoms with E-state index in [1.165, 1.54) is 5.56 Å². The molecule has 0 unspecified atom stereocenters. The van der Waals surface area contributed by atoms with Crippen molar-refractivity contribution >= 4 is 27.3 Å². The number of carbonyl (C=O) groups is 2. The SMILES string of the molecule is CN(CCc1ccccc1)C(=O)c1ccc(NC(=O)Cc2ccc(S(=O)(=O)CC3CC3)cc2)cc1. The molecule has 2 amide bonds. The van der Waals surface area contributed by atoms with Gasteiger partial charge in [-0.1, -0.05) is 42.5 Å². The fourth-order valence-electron chi connectivity index (χ4n) is 3.86. The zero-order valence-corrected chi connectivity index (χ0v) is 20.6. The summed E-state index contributed by atoms with van der Waals surface area (Å²) >= 11 is 0. The highest BCUT2D eigenvalue weighted by atomic mass is 32.2. The predicted molar refractivity (Wildman–Crippen MR) is 137 cm³/mol. The van der Waals surface area contributed by atoms with Crippen LogP contribution >= 0.6 is 0 Å². The van der Waals surface area contributed by atoms with Crippen LogP contribution in [0.4, 0.5) is 5.69 Å². The molecule has 3 aromatic rings. The topological polar surface area (TPSA) is 83.6 Å². The first-order valence-corrected chi connectivity index (χ1v) is 13.5. The number of nitrogens with zero attached hydrogens (tertiary/aromatic N) is 1. The minimum absolute atomic E-state index is 0.0736. The van der Waals surface area contributed by atoms with Crippen LogP contribution in [-0.2, 0) is 27.5 Å². The van der Waals surface area contributed by atoms with E-state index in [0.29, 0.717) is 28.6 Å². The maximum Gasteiger partial charge on any atom is 0.253 e. The van der Waals surface area contributed by atoms with Crippen LogP contribution < -0.4 is 5.32 Å². The Balaban J connectivity index is 1.27. The molecule has 0 radical (unpaired) electrons. The summed E-state index contributed by atoms with van der Waals surface area (Å²) in [5.41, 5.74) is 3.07. The molecule has 35 heavy (non-hydrogen) atoms. The van der Waals surface area contributed by atoms with E-state index >= 15 is 0 Å². The molecule has 7 heteroatoms. The van der Waals surface area contributed by atoms with Gasteiger partial charge in [-0.15, -0.1) is 0 Å². The van der Waals surface area contributed by atoms with Crippen LogP contribution in [0.25, 0.3) is 0 Å². The third-order valence-electron chi connectivity index (χ3n) is 6.14. The van der Waals surface area contributed by atoms with Gasteiger partial charge in [-0.05, 0) is 72.7 Å². The lowest BCUT2D eigenvalue weighted by atomic mass is 10.1. The Morgan fingerprint density at radius 3 is 2.17 bits per heavy atom. The highest BCUT2D eigenvalue weighted by Gasteiger charge is 2.29. The summed E-state index contributed by atoms with van der Waals surface area (Å²) in [7, 11) is -1.48. The predicted octanol–water partition coefficient (Wildman–Crippen LogP) is 4.37. The van der Waals surface area contributed by atoms with Crippen LogP contribution in [0, 0.1) is 5.92 Å². The molecule has 0 aliphatic heterocycles. The van der Waals surface area contributed by atoms with Gasteiger partial charge in [0, 0.05) is 24.8 Å². The number of sulfone groups is 1. The lowest BCUT2D eigenvalue weighted by Crippen LogP contribution is -2.28. The number of hydrogen-bond donors (Lipinski definition) is 1. The summed E-state index contributed by atoms with van der Waals surface area (Å²) < 4.78 is 24.7. The second-order valence-electron chi connectivity index (χ2n) is 9.13. The fourth-order valence-corrected chi connectivity index (χ4v) is 5.55. The number of benzene rings is 3. The molecule has 6 nitrogen and oxygen atoms in total. The van der Waals surface area contributed by atoms with Gasteiger partial charge in [-0.25, -0.2) is 8.42 Å². The third-order valence-corrected chi connectivity index (χ3v) is 8.04. The molecule has 1 aliphatic rings. The second-order valence-corrected chi connectivity index (χ2v) is 11.2. The van der Waals surface area contributed by atoms with E-state index in [1.54, 1.807) is 60.5 Å². The van der Waals surface area contributed by atoms with E-state index < -0.39 is 9.84 Å². The molecule has 1 N–H and O–H groups in total. The van der Waals surface area contributed by atoms with Gasteiger partial charge in [0.2, 0.25) is 5.91 Å². The standard InChI is InChI=1S/C28H30N2O4S/c1-30(18-17-21-5-3-2-4-6-21)28(32)24-11-13-25(14-12-24)29-27(31)19-22-9-15-26(16-10-22)35(33,34)20-23-7-8-23/h2-6,9-16,23H,7-8,17-20H2,1H3,(H,29,31). The zero-order valence-electron chi connectivity index (χ0n) is 19.8. The number of carbonyl (C=O) groups excluding carboxylic acids is 2. The molecule has 1 fully saturated rings. The largest absolute Gasteiger partial charge is 0.341 e. The number of rotatable bonds is 10. The van der Waals surface area contributed by atoms with Crippen molar-refractivity contribution in [3.63, 3.8) is 0 Å². The van der Waals surface area contributed by atoms with Crippen LogP contribution in [0.2, 0.25) is 0 Å². The van der Waals surface area contributed by atoms with Crippen molar-refractivity contribution in [2.24, 2.45) is 5.92 Å². The number of nitrogens with one attached hydrogen (secondary N) is 1. The lowest BCUT2D eigenvalue weighted by Gasteiger charge is -2.17. The van der Waals surface area contributed by atoms with Gasteiger partial charge in [0.05, 0.1) is 17.1 Å². The Kier molecular flexibility index (Phi) is 7.66. The van der Waals surface area contributed by atoms with Crippen molar-refractivity contribution in [3.8, 4) is 0 Å². The van der Waals surface area contributed by atoms with Gasteiger partial charge < -0.3 is 10.2 Å². The van der Waals surface area contributed by atoms with Crippen molar-refractivity contribution in [1.82, 2.24) is 4.90 Å². The average molecular weight is 491 g/mol. The lowest BCUT2D eigenvalue weighted by molar-refractivity contribution is -0.115. The number of likely N-dealkylation sites (N-methyl/N-ethyl adjacent to an activating group) is 1. The van der Waals surface area contributed by atoms with Crippen LogP contribution in [-0.4, -0.2) is 44.5 Å². The molecular formula is C28H30N2O4S. The number of hydrogen-bond acceptors (Lipinski definition) is 4. The van der Waals surface area contributed by atoms with Gasteiger partial charge in [-0.3, -0.25) is 9.59 Å². The molecule has 0 bridgehead atoms. The maximum atomic E-state index is 12.7. The quantitative estimate of drug-likeness (QED) is 0.458. The Hall–Kier alpha value is -3.45. The Labute approximate surface area is 206 Å². The first kappa shape index (κ1) is 24.7. The van der Waals surface area contributed by atoms with Crippen molar-refractivity contribution in [3.05, 3.63) is 95.6 Å². The molecule has 0 spiro atoms. The molecule has 1 saturated carbocycles. The van der Waals surface area contributed by atoms with E-state index in [4.69, 9.17) is 0 Å². The van der Waals surface area contributed by atoms with Crippen molar-refractivity contribution in [1.29, 1.82) is 0 Å². The minimum atomic E-state index is -3.26. The fraction of sp³-hybridized carbons (Fsp3) is 0.286. The van der Waals surface area contributed by atoms with Crippen molar-refractivity contribution < 1.29 is 18.0 Å². The van der Waals surface area contributed by atoms with Gasteiger partial charge in [0.1, 0.15) is 0 Å². The molecule has 0 aromatic heterocycles. The summed E-state index contributed by atoms with van der Waals surface area (Å²) in [5.74, 6) is 0.212. The first-order valence-electron chi connectivity index (χ1n) is 11.8. The number of anilines is 1. The summed E-state index contributed by atoms with van der Waals surface area (Å²) in [6.07, 6.45) is 2.88. The molecular weight excluding hydrogens is 460 g/mol. The molecule has 0 heterocycles. The van der Waals surface area contributed by atoms with E-state index in [0.717, 1.165) is 24.8 Å². The summed E-state index contributed by atoms with van der Waals surface area (Å²) in [5, 5.41) is 2.83. The summed E-state index contributed by atoms with van der Waals surface area (Å²) in [6, 6.07) is 23.4. The number of amides is 2. The van der Waals surface area contributed by atoms with Gasteiger partial charge in [-0.2, -0.15) is 0 Å². The Bertz CT molecular complexity index is 1270. The van der Waals surface area contributed by atoms with Gasteiger partial charge >= 0.3 is 0 Å². The molecule has 3 aromatic carbocycles.